The zero-order chi connectivity index (χ0) is 17.8. The minimum atomic E-state index is 0.0505. The minimum absolute atomic E-state index is 0.0505. The molecule has 3 rings (SSSR count). The van der Waals surface area contributed by atoms with Crippen LogP contribution < -0.4 is 4.90 Å². The van der Waals surface area contributed by atoms with Gasteiger partial charge in [-0.3, -0.25) is 9.59 Å². The normalized spacial score (nSPS) is 27.0. The topological polar surface area (TPSA) is 40.6 Å². The summed E-state index contributed by atoms with van der Waals surface area (Å²) < 4.78 is 0. The van der Waals surface area contributed by atoms with E-state index in [0.29, 0.717) is 11.8 Å². The van der Waals surface area contributed by atoms with Crippen LogP contribution in [0.5, 0.6) is 0 Å². The highest BCUT2D eigenvalue weighted by atomic mass is 16.2. The first-order valence-electron chi connectivity index (χ1n) is 9.67. The van der Waals surface area contributed by atoms with Gasteiger partial charge in [0.2, 0.25) is 11.8 Å². The SMILES string of the molecule is CC1CCCN(C(=O)C2CCC(C(=O)N(C)c3ccccc3)CC2)C1. The molecule has 1 aromatic rings. The average molecular weight is 342 g/mol. The number of rotatable bonds is 3. The number of likely N-dealkylation sites (tertiary alicyclic amines) is 1. The molecular formula is C21H30N2O2. The molecule has 1 saturated carbocycles. The molecule has 2 fully saturated rings. The minimum Gasteiger partial charge on any atom is -0.342 e. The number of hydrogen-bond donors (Lipinski definition) is 0. The summed E-state index contributed by atoms with van der Waals surface area (Å²) in [6.07, 6.45) is 5.72. The number of carbonyl (C=O) groups is 2. The van der Waals surface area contributed by atoms with E-state index >= 15 is 0 Å². The van der Waals surface area contributed by atoms with Crippen molar-refractivity contribution < 1.29 is 9.59 Å². The first kappa shape index (κ1) is 18.0. The lowest BCUT2D eigenvalue weighted by Crippen LogP contribution is -2.44. The van der Waals surface area contributed by atoms with Gasteiger partial charge < -0.3 is 9.80 Å². The third-order valence-corrected chi connectivity index (χ3v) is 5.87. The fourth-order valence-electron chi connectivity index (χ4n) is 4.29. The number of nitrogens with zero attached hydrogens (tertiary/aromatic N) is 2. The summed E-state index contributed by atoms with van der Waals surface area (Å²) in [7, 11) is 1.85. The van der Waals surface area contributed by atoms with Crippen LogP contribution in [0, 0.1) is 17.8 Å². The average Bonchev–Trinajstić information content (AvgIpc) is 2.67. The second kappa shape index (κ2) is 8.03. The van der Waals surface area contributed by atoms with Crippen molar-refractivity contribution in [3.8, 4) is 0 Å². The molecule has 0 bridgehead atoms. The first-order valence-corrected chi connectivity index (χ1v) is 9.67. The molecule has 1 atom stereocenters. The maximum Gasteiger partial charge on any atom is 0.229 e. The van der Waals surface area contributed by atoms with Crippen LogP contribution in [0.3, 0.4) is 0 Å². The highest BCUT2D eigenvalue weighted by molar-refractivity contribution is 5.94. The van der Waals surface area contributed by atoms with Crippen molar-refractivity contribution in [3.63, 3.8) is 0 Å². The zero-order valence-corrected chi connectivity index (χ0v) is 15.5. The largest absolute Gasteiger partial charge is 0.342 e. The lowest BCUT2D eigenvalue weighted by Gasteiger charge is -2.36. The molecule has 0 spiro atoms. The smallest absolute Gasteiger partial charge is 0.229 e. The van der Waals surface area contributed by atoms with Gasteiger partial charge in [0.1, 0.15) is 0 Å². The van der Waals surface area contributed by atoms with E-state index in [2.05, 4.69) is 11.8 Å². The molecule has 1 heterocycles. The Morgan fingerprint density at radius 3 is 2.28 bits per heavy atom. The van der Waals surface area contributed by atoms with Gasteiger partial charge in [-0.05, 0) is 56.6 Å². The summed E-state index contributed by atoms with van der Waals surface area (Å²) in [5.41, 5.74) is 0.938. The molecule has 0 N–H and O–H groups in total. The van der Waals surface area contributed by atoms with Gasteiger partial charge in [-0.1, -0.05) is 25.1 Å². The van der Waals surface area contributed by atoms with Crippen LogP contribution in [-0.4, -0.2) is 36.9 Å². The summed E-state index contributed by atoms with van der Waals surface area (Å²) >= 11 is 0. The van der Waals surface area contributed by atoms with Crippen LogP contribution in [0.1, 0.15) is 45.4 Å². The molecule has 1 unspecified atom stereocenters. The Hall–Kier alpha value is -1.84. The second-order valence-electron chi connectivity index (χ2n) is 7.81. The fraction of sp³-hybridized carbons (Fsp3) is 0.619. The molecule has 1 aromatic carbocycles. The Balaban J connectivity index is 1.53. The van der Waals surface area contributed by atoms with E-state index in [-0.39, 0.29) is 17.7 Å². The molecule has 4 nitrogen and oxygen atoms in total. The van der Waals surface area contributed by atoms with Crippen LogP contribution >= 0.6 is 0 Å². The van der Waals surface area contributed by atoms with Gasteiger partial charge in [0.15, 0.2) is 0 Å². The van der Waals surface area contributed by atoms with E-state index < -0.39 is 0 Å². The van der Waals surface area contributed by atoms with Gasteiger partial charge in [-0.25, -0.2) is 0 Å². The monoisotopic (exact) mass is 342 g/mol. The van der Waals surface area contributed by atoms with E-state index in [0.717, 1.165) is 50.9 Å². The van der Waals surface area contributed by atoms with Crippen LogP contribution in [-0.2, 0) is 9.59 Å². The molecule has 1 aliphatic heterocycles. The summed E-state index contributed by atoms with van der Waals surface area (Å²) in [6, 6.07) is 9.79. The molecule has 0 radical (unpaired) electrons. The highest BCUT2D eigenvalue weighted by Gasteiger charge is 2.34. The summed E-state index contributed by atoms with van der Waals surface area (Å²) in [4.78, 5) is 29.3. The number of piperidine rings is 1. The lowest BCUT2D eigenvalue weighted by molar-refractivity contribution is -0.139. The van der Waals surface area contributed by atoms with Crippen LogP contribution in [0.4, 0.5) is 5.69 Å². The van der Waals surface area contributed by atoms with Gasteiger partial charge in [0.05, 0.1) is 0 Å². The Morgan fingerprint density at radius 1 is 1.00 bits per heavy atom. The van der Waals surface area contributed by atoms with Gasteiger partial charge >= 0.3 is 0 Å². The molecule has 2 aliphatic rings. The van der Waals surface area contributed by atoms with Crippen molar-refractivity contribution in [2.45, 2.75) is 45.4 Å². The molecular weight excluding hydrogens is 312 g/mol. The molecule has 25 heavy (non-hydrogen) atoms. The van der Waals surface area contributed by atoms with Crippen LogP contribution in [0.25, 0.3) is 0 Å². The highest BCUT2D eigenvalue weighted by Crippen LogP contribution is 2.33. The van der Waals surface area contributed by atoms with Crippen LogP contribution in [0.2, 0.25) is 0 Å². The molecule has 4 heteroatoms. The van der Waals surface area contributed by atoms with E-state index in [1.807, 2.05) is 37.4 Å². The molecule has 1 saturated heterocycles. The Labute approximate surface area is 151 Å². The predicted molar refractivity (Wildman–Crippen MR) is 100 cm³/mol. The number of benzene rings is 1. The molecule has 136 valence electrons. The van der Waals surface area contributed by atoms with Gasteiger partial charge in [0, 0.05) is 37.7 Å². The third kappa shape index (κ3) is 4.23. The van der Waals surface area contributed by atoms with E-state index in [1.54, 1.807) is 4.90 Å². The van der Waals surface area contributed by atoms with Gasteiger partial charge in [-0.2, -0.15) is 0 Å². The van der Waals surface area contributed by atoms with Crippen molar-refractivity contribution in [1.82, 2.24) is 4.90 Å². The van der Waals surface area contributed by atoms with Crippen molar-refractivity contribution in [3.05, 3.63) is 30.3 Å². The van der Waals surface area contributed by atoms with Gasteiger partial charge in [-0.15, -0.1) is 0 Å². The molecule has 1 aliphatic carbocycles. The van der Waals surface area contributed by atoms with Crippen molar-refractivity contribution in [1.29, 1.82) is 0 Å². The van der Waals surface area contributed by atoms with Crippen molar-refractivity contribution >= 4 is 17.5 Å². The maximum absolute atomic E-state index is 12.8. The predicted octanol–water partition coefficient (Wildman–Crippen LogP) is 3.71. The Bertz CT molecular complexity index is 593. The maximum atomic E-state index is 12.8. The van der Waals surface area contributed by atoms with Crippen molar-refractivity contribution in [2.24, 2.45) is 17.8 Å². The molecule has 2 amide bonds. The van der Waals surface area contributed by atoms with E-state index in [9.17, 15) is 9.59 Å². The number of carbonyl (C=O) groups excluding carboxylic acids is 2. The number of hydrogen-bond acceptors (Lipinski definition) is 2. The first-order chi connectivity index (χ1) is 12.1. The van der Waals surface area contributed by atoms with E-state index in [4.69, 9.17) is 0 Å². The summed E-state index contributed by atoms with van der Waals surface area (Å²) in [5.74, 6) is 1.30. The van der Waals surface area contributed by atoms with Gasteiger partial charge in [0.25, 0.3) is 0 Å². The molecule has 0 aromatic heterocycles. The summed E-state index contributed by atoms with van der Waals surface area (Å²) in [5, 5.41) is 0. The lowest BCUT2D eigenvalue weighted by atomic mass is 9.80. The Morgan fingerprint density at radius 2 is 1.64 bits per heavy atom. The third-order valence-electron chi connectivity index (χ3n) is 5.87. The number of amides is 2. The summed E-state index contributed by atoms with van der Waals surface area (Å²) in [6.45, 7) is 4.06. The second-order valence-corrected chi connectivity index (χ2v) is 7.81. The zero-order valence-electron chi connectivity index (χ0n) is 15.5. The number of anilines is 1. The van der Waals surface area contributed by atoms with E-state index in [1.165, 1.54) is 6.42 Å². The quantitative estimate of drug-likeness (QED) is 0.840. The Kier molecular flexibility index (Phi) is 5.77. The standard InChI is InChI=1S/C21H30N2O2/c1-16-7-6-14-23(15-16)21(25)18-12-10-17(11-13-18)20(24)22(2)19-8-4-3-5-9-19/h3-5,8-9,16-18H,6-7,10-15H2,1-2H3. The van der Waals surface area contributed by atoms with Crippen molar-refractivity contribution in [2.75, 3.05) is 25.0 Å². The number of para-hydroxylation sites is 1. The fourth-order valence-corrected chi connectivity index (χ4v) is 4.29. The van der Waals surface area contributed by atoms with Crippen LogP contribution in [0.15, 0.2) is 30.3 Å².